The summed E-state index contributed by atoms with van der Waals surface area (Å²) in [6, 6.07) is 12.8. The Morgan fingerprint density at radius 1 is 1.16 bits per heavy atom. The average Bonchev–Trinajstić information content (AvgIpc) is 2.90. The summed E-state index contributed by atoms with van der Waals surface area (Å²) < 4.78 is 5.61. The highest BCUT2D eigenvalue weighted by molar-refractivity contribution is 8.00. The second-order valence-electron chi connectivity index (χ2n) is 9.25. The van der Waals surface area contributed by atoms with Crippen LogP contribution in [-0.4, -0.2) is 42.1 Å². The average molecular weight is 521 g/mol. The number of piperidine rings is 1. The van der Waals surface area contributed by atoms with Crippen LogP contribution >= 0.6 is 11.8 Å². The summed E-state index contributed by atoms with van der Waals surface area (Å²) in [7, 11) is 0. The fraction of sp³-hybridized carbons (Fsp3) is 0.444. The standard InChI is InChI=1S/C27H32N6O3S/c1-4-19-20(14-28)25(33-12-10-18(11-13-33)36-27(35)22(30)16(2)3)32-26(21(19)15-29)37-23(24(31)34)17-8-6-5-7-9-17/h5-9,16,18,22-23H,4,10-13,30H2,1-3H3,(H2,31,34)/t22-,23?/m0/s1. The third-order valence-electron chi connectivity index (χ3n) is 6.43. The van der Waals surface area contributed by atoms with Crippen molar-refractivity contribution in [1.29, 1.82) is 10.5 Å². The highest BCUT2D eigenvalue weighted by Crippen LogP contribution is 2.40. The summed E-state index contributed by atoms with van der Waals surface area (Å²) >= 11 is 1.12. The summed E-state index contributed by atoms with van der Waals surface area (Å²) in [6.07, 6.45) is 1.29. The molecule has 0 aliphatic carbocycles. The third-order valence-corrected chi connectivity index (χ3v) is 7.69. The molecule has 1 aromatic heterocycles. The quantitative estimate of drug-likeness (QED) is 0.374. The van der Waals surface area contributed by atoms with Gasteiger partial charge in [-0.3, -0.25) is 9.59 Å². The molecular formula is C27H32N6O3S. The number of carbonyl (C=O) groups is 2. The van der Waals surface area contributed by atoms with Crippen molar-refractivity contribution in [2.24, 2.45) is 17.4 Å². The molecule has 37 heavy (non-hydrogen) atoms. The molecule has 0 bridgehead atoms. The molecule has 9 nitrogen and oxygen atoms in total. The minimum absolute atomic E-state index is 0.0166. The number of primary amides is 1. The monoisotopic (exact) mass is 520 g/mol. The molecule has 10 heteroatoms. The number of anilines is 1. The number of hydrogen-bond donors (Lipinski definition) is 2. The maximum absolute atomic E-state index is 12.4. The van der Waals surface area contributed by atoms with Crippen LogP contribution < -0.4 is 16.4 Å². The Hall–Kier alpha value is -3.60. The largest absolute Gasteiger partial charge is 0.461 e. The number of nitrogens with zero attached hydrogens (tertiary/aromatic N) is 4. The van der Waals surface area contributed by atoms with Gasteiger partial charge in [-0.2, -0.15) is 10.5 Å². The molecule has 1 amide bonds. The van der Waals surface area contributed by atoms with Crippen molar-refractivity contribution < 1.29 is 14.3 Å². The molecule has 0 radical (unpaired) electrons. The van der Waals surface area contributed by atoms with E-state index in [1.165, 1.54) is 0 Å². The van der Waals surface area contributed by atoms with E-state index in [0.29, 0.717) is 59.9 Å². The number of nitriles is 2. The maximum Gasteiger partial charge on any atom is 0.323 e. The Labute approximate surface area is 221 Å². The van der Waals surface area contributed by atoms with Gasteiger partial charge in [0.05, 0.1) is 11.1 Å². The van der Waals surface area contributed by atoms with Gasteiger partial charge in [-0.25, -0.2) is 4.98 Å². The summed E-state index contributed by atoms with van der Waals surface area (Å²) in [6.45, 7) is 6.63. The number of carbonyl (C=O) groups excluding carboxylic acids is 2. The van der Waals surface area contributed by atoms with Crippen LogP contribution in [-0.2, 0) is 20.7 Å². The molecule has 2 heterocycles. The lowest BCUT2D eigenvalue weighted by Gasteiger charge is -2.34. The topological polar surface area (TPSA) is 159 Å². The van der Waals surface area contributed by atoms with Gasteiger partial charge in [0.2, 0.25) is 5.91 Å². The van der Waals surface area contributed by atoms with E-state index in [-0.39, 0.29) is 17.6 Å². The van der Waals surface area contributed by atoms with Crippen molar-refractivity contribution in [1.82, 2.24) is 4.98 Å². The van der Waals surface area contributed by atoms with Crippen LogP contribution in [0.5, 0.6) is 0 Å². The van der Waals surface area contributed by atoms with E-state index in [1.54, 1.807) is 12.1 Å². The van der Waals surface area contributed by atoms with Crippen LogP contribution in [0, 0.1) is 28.6 Å². The molecule has 1 unspecified atom stereocenters. The normalized spacial score (nSPS) is 15.5. The number of nitrogens with two attached hydrogens (primary N) is 2. The Balaban J connectivity index is 1.92. The van der Waals surface area contributed by atoms with Crippen LogP contribution in [0.1, 0.15) is 61.1 Å². The lowest BCUT2D eigenvalue weighted by molar-refractivity contribution is -0.152. The minimum Gasteiger partial charge on any atom is -0.461 e. The van der Waals surface area contributed by atoms with Gasteiger partial charge in [-0.1, -0.05) is 62.9 Å². The van der Waals surface area contributed by atoms with Crippen molar-refractivity contribution in [3.05, 3.63) is 52.6 Å². The number of rotatable bonds is 9. The van der Waals surface area contributed by atoms with E-state index in [4.69, 9.17) is 21.2 Å². The SMILES string of the molecule is CCc1c(C#N)c(SC(C(N)=O)c2ccccc2)nc(N2CCC(OC(=O)[C@@H](N)C(C)C)CC2)c1C#N. The summed E-state index contributed by atoms with van der Waals surface area (Å²) in [5.41, 5.74) is 13.6. The van der Waals surface area contributed by atoms with Crippen molar-refractivity contribution in [2.75, 3.05) is 18.0 Å². The number of esters is 1. The van der Waals surface area contributed by atoms with Crippen LogP contribution in [0.15, 0.2) is 35.4 Å². The second kappa shape index (κ2) is 12.6. The predicted molar refractivity (Wildman–Crippen MR) is 141 cm³/mol. The molecule has 0 saturated carbocycles. The van der Waals surface area contributed by atoms with E-state index >= 15 is 0 Å². The van der Waals surface area contributed by atoms with Crippen LogP contribution in [0.25, 0.3) is 0 Å². The Morgan fingerprint density at radius 3 is 2.30 bits per heavy atom. The van der Waals surface area contributed by atoms with Crippen molar-refractivity contribution in [3.63, 3.8) is 0 Å². The van der Waals surface area contributed by atoms with Crippen LogP contribution in [0.2, 0.25) is 0 Å². The zero-order valence-electron chi connectivity index (χ0n) is 21.3. The van der Waals surface area contributed by atoms with Gasteiger partial charge >= 0.3 is 5.97 Å². The first-order valence-corrected chi connectivity index (χ1v) is 13.2. The zero-order chi connectivity index (χ0) is 27.1. The van der Waals surface area contributed by atoms with Gasteiger partial charge in [0.1, 0.15) is 40.4 Å². The highest BCUT2D eigenvalue weighted by Gasteiger charge is 2.31. The van der Waals surface area contributed by atoms with Gasteiger partial charge in [0.15, 0.2) is 0 Å². The zero-order valence-corrected chi connectivity index (χ0v) is 22.1. The first-order chi connectivity index (χ1) is 17.7. The van der Waals surface area contributed by atoms with E-state index in [1.807, 2.05) is 43.9 Å². The molecule has 1 fully saturated rings. The molecule has 3 rings (SSSR count). The van der Waals surface area contributed by atoms with Gasteiger partial charge in [-0.15, -0.1) is 0 Å². The molecule has 2 atom stereocenters. The van der Waals surface area contributed by atoms with Gasteiger partial charge in [0.25, 0.3) is 0 Å². The van der Waals surface area contributed by atoms with E-state index in [0.717, 1.165) is 11.8 Å². The van der Waals surface area contributed by atoms with Crippen LogP contribution in [0.3, 0.4) is 0 Å². The number of thioether (sulfide) groups is 1. The Morgan fingerprint density at radius 2 is 1.78 bits per heavy atom. The van der Waals surface area contributed by atoms with E-state index < -0.39 is 23.2 Å². The molecule has 4 N–H and O–H groups in total. The Kier molecular flexibility index (Phi) is 9.51. The maximum atomic E-state index is 12.4. The molecule has 0 spiro atoms. The predicted octanol–water partition coefficient (Wildman–Crippen LogP) is 3.20. The second-order valence-corrected chi connectivity index (χ2v) is 10.3. The fourth-order valence-electron chi connectivity index (χ4n) is 4.23. The van der Waals surface area contributed by atoms with Crippen LogP contribution in [0.4, 0.5) is 5.82 Å². The summed E-state index contributed by atoms with van der Waals surface area (Å²) in [5.74, 6) is -0.515. The molecule has 1 saturated heterocycles. The smallest absolute Gasteiger partial charge is 0.323 e. The lowest BCUT2D eigenvalue weighted by atomic mass is 10.0. The Bertz CT molecular complexity index is 1210. The molecule has 1 aliphatic rings. The molecule has 2 aromatic rings. The third kappa shape index (κ3) is 6.40. The van der Waals surface area contributed by atoms with Gasteiger partial charge in [-0.05, 0) is 23.5 Å². The highest BCUT2D eigenvalue weighted by atomic mass is 32.2. The molecular weight excluding hydrogens is 488 g/mol. The molecule has 1 aromatic carbocycles. The van der Waals surface area contributed by atoms with Crippen molar-refractivity contribution in [3.8, 4) is 12.1 Å². The summed E-state index contributed by atoms with van der Waals surface area (Å²) in [5, 5.41) is 19.6. The molecule has 194 valence electrons. The lowest BCUT2D eigenvalue weighted by Crippen LogP contribution is -2.43. The number of aromatic nitrogens is 1. The number of ether oxygens (including phenoxy) is 1. The van der Waals surface area contributed by atoms with Gasteiger partial charge in [0, 0.05) is 25.9 Å². The number of amides is 1. The number of pyridine rings is 1. The minimum atomic E-state index is -0.749. The first-order valence-electron chi connectivity index (χ1n) is 12.3. The number of benzene rings is 1. The van der Waals surface area contributed by atoms with E-state index in [9.17, 15) is 20.1 Å². The number of hydrogen-bond acceptors (Lipinski definition) is 9. The first kappa shape index (κ1) is 28.0. The van der Waals surface area contributed by atoms with Gasteiger partial charge < -0.3 is 21.1 Å². The van der Waals surface area contributed by atoms with Crippen molar-refractivity contribution in [2.45, 2.75) is 62.5 Å². The fourth-order valence-corrected chi connectivity index (χ4v) is 5.29. The summed E-state index contributed by atoms with van der Waals surface area (Å²) in [4.78, 5) is 31.4. The van der Waals surface area contributed by atoms with E-state index in [2.05, 4.69) is 12.1 Å². The van der Waals surface area contributed by atoms with Crippen molar-refractivity contribution >= 4 is 29.5 Å². The molecule has 1 aliphatic heterocycles.